The summed E-state index contributed by atoms with van der Waals surface area (Å²) in [6, 6.07) is 0. The van der Waals surface area contributed by atoms with Crippen molar-refractivity contribution in [2.75, 3.05) is 6.61 Å². The van der Waals surface area contributed by atoms with Crippen molar-refractivity contribution >= 4 is 0 Å². The minimum absolute atomic E-state index is 0. The van der Waals surface area contributed by atoms with Gasteiger partial charge in [0.2, 0.25) is 0 Å². The second-order valence-corrected chi connectivity index (χ2v) is 2.83. The second-order valence-electron chi connectivity index (χ2n) is 2.83. The number of ether oxygens (including phenoxy) is 1. The zero-order chi connectivity index (χ0) is 5.98. The van der Waals surface area contributed by atoms with Crippen molar-refractivity contribution in [3.8, 4) is 0 Å². The van der Waals surface area contributed by atoms with Crippen LogP contribution in [0.4, 0.5) is 0 Å². The van der Waals surface area contributed by atoms with E-state index in [4.69, 9.17) is 4.74 Å². The van der Waals surface area contributed by atoms with Gasteiger partial charge in [-0.25, -0.2) is 0 Å². The molecule has 1 saturated heterocycles. The first kappa shape index (κ1) is 8.92. The Morgan fingerprint density at radius 1 is 1.22 bits per heavy atom. The third kappa shape index (κ3) is 2.82. The van der Waals surface area contributed by atoms with Gasteiger partial charge in [0, 0.05) is 6.61 Å². The molecule has 0 aliphatic carbocycles. The van der Waals surface area contributed by atoms with Gasteiger partial charge in [-0.15, -0.1) is 0 Å². The molecule has 2 unspecified atom stereocenters. The molecule has 2 N–H and O–H groups in total. The fourth-order valence-corrected chi connectivity index (χ4v) is 1.01. The van der Waals surface area contributed by atoms with Crippen molar-refractivity contribution in [2.45, 2.75) is 32.8 Å². The summed E-state index contributed by atoms with van der Waals surface area (Å²) in [5.74, 6) is 0.797. The minimum Gasteiger partial charge on any atom is -0.412 e. The van der Waals surface area contributed by atoms with Crippen LogP contribution in [0.5, 0.6) is 0 Å². The Labute approximate surface area is 56.5 Å². The van der Waals surface area contributed by atoms with Crippen LogP contribution < -0.4 is 0 Å². The van der Waals surface area contributed by atoms with Crippen LogP contribution in [0.2, 0.25) is 0 Å². The van der Waals surface area contributed by atoms with Gasteiger partial charge in [-0.1, -0.05) is 6.92 Å². The highest BCUT2D eigenvalue weighted by Crippen LogP contribution is 2.16. The van der Waals surface area contributed by atoms with E-state index in [1.165, 1.54) is 12.8 Å². The monoisotopic (exact) mass is 132 g/mol. The predicted octanol–water partition coefficient (Wildman–Crippen LogP) is 0.997. The third-order valence-electron chi connectivity index (χ3n) is 1.73. The molecule has 2 atom stereocenters. The van der Waals surface area contributed by atoms with Gasteiger partial charge in [0.05, 0.1) is 6.10 Å². The van der Waals surface area contributed by atoms with E-state index in [2.05, 4.69) is 13.8 Å². The molecule has 0 aromatic heterocycles. The third-order valence-corrected chi connectivity index (χ3v) is 1.73. The Hall–Kier alpha value is -0.0800. The molecule has 1 aliphatic heterocycles. The van der Waals surface area contributed by atoms with Crippen LogP contribution in [0.15, 0.2) is 0 Å². The molecule has 1 rings (SSSR count). The van der Waals surface area contributed by atoms with Crippen LogP contribution in [0.1, 0.15) is 26.7 Å². The molecule has 1 aliphatic rings. The van der Waals surface area contributed by atoms with Crippen molar-refractivity contribution < 1.29 is 10.2 Å². The standard InChI is InChI=1S/C7H14O.H2O/c1-6-3-4-7(2)8-5-6;/h6-7H,3-5H2,1-2H3;1H2. The first-order chi connectivity index (χ1) is 3.79. The molecule has 56 valence electrons. The van der Waals surface area contributed by atoms with E-state index in [0.717, 1.165) is 12.5 Å². The highest BCUT2D eigenvalue weighted by Gasteiger charge is 2.13. The summed E-state index contributed by atoms with van der Waals surface area (Å²) in [6.45, 7) is 5.36. The fourth-order valence-electron chi connectivity index (χ4n) is 1.01. The van der Waals surface area contributed by atoms with Crippen molar-refractivity contribution in [3.05, 3.63) is 0 Å². The van der Waals surface area contributed by atoms with E-state index >= 15 is 0 Å². The van der Waals surface area contributed by atoms with Gasteiger partial charge in [-0.2, -0.15) is 0 Å². The van der Waals surface area contributed by atoms with Gasteiger partial charge in [-0.3, -0.25) is 0 Å². The number of hydrogen-bond acceptors (Lipinski definition) is 1. The van der Waals surface area contributed by atoms with E-state index in [-0.39, 0.29) is 5.48 Å². The molecule has 0 aromatic carbocycles. The summed E-state index contributed by atoms with van der Waals surface area (Å²) in [4.78, 5) is 0. The molecule has 2 heteroatoms. The van der Waals surface area contributed by atoms with E-state index in [1.807, 2.05) is 0 Å². The van der Waals surface area contributed by atoms with Gasteiger partial charge in [0.15, 0.2) is 0 Å². The minimum atomic E-state index is 0. The van der Waals surface area contributed by atoms with E-state index in [1.54, 1.807) is 0 Å². The summed E-state index contributed by atoms with van der Waals surface area (Å²) < 4.78 is 5.39. The highest BCUT2D eigenvalue weighted by atomic mass is 16.5. The van der Waals surface area contributed by atoms with Gasteiger partial charge in [-0.05, 0) is 25.7 Å². The zero-order valence-corrected chi connectivity index (χ0v) is 6.18. The summed E-state index contributed by atoms with van der Waals surface area (Å²) in [7, 11) is 0. The fraction of sp³-hybridized carbons (Fsp3) is 1.00. The van der Waals surface area contributed by atoms with Crippen LogP contribution in [-0.4, -0.2) is 18.2 Å². The number of rotatable bonds is 0. The van der Waals surface area contributed by atoms with Gasteiger partial charge < -0.3 is 10.2 Å². The van der Waals surface area contributed by atoms with Crippen LogP contribution in [0.25, 0.3) is 0 Å². The largest absolute Gasteiger partial charge is 0.412 e. The van der Waals surface area contributed by atoms with E-state index in [0.29, 0.717) is 6.10 Å². The average molecular weight is 132 g/mol. The lowest BCUT2D eigenvalue weighted by Crippen LogP contribution is -2.21. The van der Waals surface area contributed by atoms with Crippen LogP contribution >= 0.6 is 0 Å². The van der Waals surface area contributed by atoms with E-state index in [9.17, 15) is 0 Å². The van der Waals surface area contributed by atoms with Crippen molar-refractivity contribution in [2.24, 2.45) is 5.92 Å². The van der Waals surface area contributed by atoms with E-state index < -0.39 is 0 Å². The topological polar surface area (TPSA) is 40.7 Å². The lowest BCUT2D eigenvalue weighted by atomic mass is 10.0. The highest BCUT2D eigenvalue weighted by molar-refractivity contribution is 4.62. The van der Waals surface area contributed by atoms with Gasteiger partial charge in [0.1, 0.15) is 0 Å². The molecule has 0 spiro atoms. The predicted molar refractivity (Wildman–Crippen MR) is 37.4 cm³/mol. The van der Waals surface area contributed by atoms with Gasteiger partial charge in [0.25, 0.3) is 0 Å². The maximum atomic E-state index is 5.39. The Morgan fingerprint density at radius 3 is 2.22 bits per heavy atom. The Balaban J connectivity index is 0.000000640. The van der Waals surface area contributed by atoms with Crippen molar-refractivity contribution in [1.82, 2.24) is 0 Å². The summed E-state index contributed by atoms with van der Waals surface area (Å²) in [5.41, 5.74) is 0. The Bertz CT molecular complexity index is 55.3. The first-order valence-electron chi connectivity index (χ1n) is 3.40. The maximum Gasteiger partial charge on any atom is 0.0547 e. The lowest BCUT2D eigenvalue weighted by Gasteiger charge is -2.23. The quantitative estimate of drug-likeness (QED) is 0.484. The summed E-state index contributed by atoms with van der Waals surface area (Å²) in [6.07, 6.45) is 3.12. The maximum absolute atomic E-state index is 5.39. The summed E-state index contributed by atoms with van der Waals surface area (Å²) in [5, 5.41) is 0. The second kappa shape index (κ2) is 3.85. The molecule has 2 nitrogen and oxygen atoms in total. The SMILES string of the molecule is CC1CCC(C)OC1.O. The lowest BCUT2D eigenvalue weighted by molar-refractivity contribution is 0.000267. The molecule has 0 bridgehead atoms. The van der Waals surface area contributed by atoms with Crippen molar-refractivity contribution in [3.63, 3.8) is 0 Å². The number of hydrogen-bond donors (Lipinski definition) is 0. The zero-order valence-electron chi connectivity index (χ0n) is 6.18. The molecular weight excluding hydrogens is 116 g/mol. The molecule has 9 heavy (non-hydrogen) atoms. The average Bonchev–Trinajstić information content (AvgIpc) is 1.77. The summed E-state index contributed by atoms with van der Waals surface area (Å²) >= 11 is 0. The molecule has 0 radical (unpaired) electrons. The Morgan fingerprint density at radius 2 is 1.89 bits per heavy atom. The molecule has 1 fully saturated rings. The molecular formula is C7H16O2. The molecule has 0 aromatic rings. The molecule has 1 heterocycles. The Kier molecular flexibility index (Phi) is 3.82. The molecule has 0 amide bonds. The van der Waals surface area contributed by atoms with Gasteiger partial charge >= 0.3 is 0 Å². The van der Waals surface area contributed by atoms with Crippen LogP contribution in [-0.2, 0) is 4.74 Å². The van der Waals surface area contributed by atoms with Crippen LogP contribution in [0.3, 0.4) is 0 Å². The normalized spacial score (nSPS) is 35.3. The van der Waals surface area contributed by atoms with Crippen molar-refractivity contribution in [1.29, 1.82) is 0 Å². The smallest absolute Gasteiger partial charge is 0.0547 e. The van der Waals surface area contributed by atoms with Crippen LogP contribution in [0, 0.1) is 5.92 Å². The first-order valence-corrected chi connectivity index (χ1v) is 3.40. The molecule has 0 saturated carbocycles.